The quantitative estimate of drug-likeness (QED) is 0.681. The summed E-state index contributed by atoms with van der Waals surface area (Å²) in [6, 6.07) is 12.0. The van der Waals surface area contributed by atoms with Gasteiger partial charge in [0.1, 0.15) is 5.75 Å². The highest BCUT2D eigenvalue weighted by Gasteiger charge is 2.12. The molecule has 1 aromatic heterocycles. The fraction of sp³-hybridized carbons (Fsp3) is 0.200. The van der Waals surface area contributed by atoms with Crippen molar-refractivity contribution in [3.05, 3.63) is 74.9 Å². The third-order valence-electron chi connectivity index (χ3n) is 4.06. The van der Waals surface area contributed by atoms with Crippen LogP contribution in [0.3, 0.4) is 0 Å². The second kappa shape index (κ2) is 8.19. The first-order chi connectivity index (χ1) is 13.4. The minimum absolute atomic E-state index is 0.0622. The molecule has 0 bridgehead atoms. The lowest BCUT2D eigenvalue weighted by Gasteiger charge is -2.16. The van der Waals surface area contributed by atoms with Crippen molar-refractivity contribution in [3.63, 3.8) is 0 Å². The summed E-state index contributed by atoms with van der Waals surface area (Å²) in [6.07, 6.45) is 1.51. The first kappa shape index (κ1) is 19.5. The van der Waals surface area contributed by atoms with Crippen LogP contribution >= 0.6 is 11.6 Å². The van der Waals surface area contributed by atoms with E-state index in [9.17, 15) is 9.18 Å². The van der Waals surface area contributed by atoms with E-state index in [1.165, 1.54) is 19.4 Å². The maximum atomic E-state index is 13.4. The Kier molecular flexibility index (Phi) is 5.71. The zero-order valence-electron chi connectivity index (χ0n) is 15.5. The van der Waals surface area contributed by atoms with Gasteiger partial charge in [-0.1, -0.05) is 23.7 Å². The van der Waals surface area contributed by atoms with Crippen LogP contribution in [0.5, 0.6) is 11.5 Å². The summed E-state index contributed by atoms with van der Waals surface area (Å²) < 4.78 is 25.3. The number of nitrogens with one attached hydrogen (secondary N) is 1. The van der Waals surface area contributed by atoms with Gasteiger partial charge in [0.25, 0.3) is 0 Å². The SMILES string of the molecule is COc1ccc(C)c(Nc2nc(=O)c(OC)cn2Cc2c#cc(F)c(Cl)c2)c1. The average molecular weight is 402 g/mol. The second-order valence-electron chi connectivity index (χ2n) is 5.95. The lowest BCUT2D eigenvalue weighted by molar-refractivity contribution is 0.402. The Morgan fingerprint density at radius 3 is 2.71 bits per heavy atom. The molecule has 0 saturated heterocycles. The second-order valence-corrected chi connectivity index (χ2v) is 6.36. The summed E-state index contributed by atoms with van der Waals surface area (Å²) in [7, 11) is 2.96. The number of hydrogen-bond donors (Lipinski definition) is 1. The van der Waals surface area contributed by atoms with Gasteiger partial charge in [-0.25, -0.2) is 0 Å². The molecule has 0 atom stereocenters. The number of methoxy groups -OCH3 is 2. The van der Waals surface area contributed by atoms with E-state index in [1.807, 2.05) is 19.1 Å². The number of halogens is 2. The summed E-state index contributed by atoms with van der Waals surface area (Å²) in [6.45, 7) is 2.13. The molecule has 1 N–H and O–H groups in total. The molecular weight excluding hydrogens is 385 g/mol. The highest BCUT2D eigenvalue weighted by atomic mass is 35.5. The van der Waals surface area contributed by atoms with E-state index >= 15 is 0 Å². The van der Waals surface area contributed by atoms with Crippen molar-refractivity contribution in [1.29, 1.82) is 0 Å². The van der Waals surface area contributed by atoms with E-state index in [4.69, 9.17) is 21.1 Å². The van der Waals surface area contributed by atoms with Gasteiger partial charge < -0.3 is 19.4 Å². The standard InChI is InChI=1S/C20H17ClFN3O3/c1-12-4-6-14(27-2)9-17(12)23-20-24-19(26)18(28-3)11-25(20)10-13-5-7-16(22)15(21)8-13/h4,6,8-9,11H,10H2,1-3H3,(H,23,24,26). The summed E-state index contributed by atoms with van der Waals surface area (Å²) in [5.74, 6) is 0.330. The summed E-state index contributed by atoms with van der Waals surface area (Å²) in [4.78, 5) is 16.2. The third kappa shape index (κ3) is 4.18. The number of benzene rings is 1. The van der Waals surface area contributed by atoms with Gasteiger partial charge in [-0.2, -0.15) is 9.37 Å². The fourth-order valence-electron chi connectivity index (χ4n) is 2.53. The number of rotatable bonds is 6. The first-order valence-corrected chi connectivity index (χ1v) is 8.64. The minimum atomic E-state index is -0.675. The van der Waals surface area contributed by atoms with Crippen molar-refractivity contribution in [3.8, 4) is 11.5 Å². The van der Waals surface area contributed by atoms with Gasteiger partial charge in [-0.05, 0) is 30.7 Å². The molecule has 0 spiro atoms. The Morgan fingerprint density at radius 2 is 2.04 bits per heavy atom. The van der Waals surface area contributed by atoms with Gasteiger partial charge >= 0.3 is 5.56 Å². The molecule has 3 rings (SSSR count). The fourth-order valence-corrected chi connectivity index (χ4v) is 2.71. The molecule has 3 aromatic rings. The van der Waals surface area contributed by atoms with Gasteiger partial charge in [0.05, 0.1) is 32.0 Å². The molecule has 0 aliphatic carbocycles. The number of nitrogens with zero attached hydrogens (tertiary/aromatic N) is 2. The Balaban J connectivity index is 2.03. The van der Waals surface area contributed by atoms with Crippen LogP contribution in [-0.4, -0.2) is 23.8 Å². The first-order valence-electron chi connectivity index (χ1n) is 8.26. The van der Waals surface area contributed by atoms with E-state index in [1.54, 1.807) is 17.7 Å². The van der Waals surface area contributed by atoms with Crippen LogP contribution in [0.25, 0.3) is 0 Å². The number of anilines is 2. The van der Waals surface area contributed by atoms with Crippen molar-refractivity contribution in [2.75, 3.05) is 19.5 Å². The van der Waals surface area contributed by atoms with Crippen molar-refractivity contribution in [2.24, 2.45) is 0 Å². The molecule has 6 nitrogen and oxygen atoms in total. The predicted octanol–water partition coefficient (Wildman–Crippen LogP) is 3.75. The Labute approximate surface area is 166 Å². The molecule has 0 saturated carbocycles. The number of aromatic nitrogens is 2. The molecule has 0 fully saturated rings. The Hall–Kier alpha value is -3.24. The predicted molar refractivity (Wildman–Crippen MR) is 104 cm³/mol. The topological polar surface area (TPSA) is 65.4 Å². The van der Waals surface area contributed by atoms with Gasteiger partial charge in [0, 0.05) is 17.3 Å². The van der Waals surface area contributed by atoms with E-state index in [0.717, 1.165) is 11.3 Å². The zero-order valence-corrected chi connectivity index (χ0v) is 16.2. The van der Waals surface area contributed by atoms with Gasteiger partial charge in [-0.3, -0.25) is 4.79 Å². The molecule has 0 radical (unpaired) electrons. The zero-order chi connectivity index (χ0) is 20.3. The van der Waals surface area contributed by atoms with E-state index in [0.29, 0.717) is 11.3 Å². The monoisotopic (exact) mass is 401 g/mol. The Morgan fingerprint density at radius 1 is 1.25 bits per heavy atom. The van der Waals surface area contributed by atoms with Crippen LogP contribution in [-0.2, 0) is 6.54 Å². The van der Waals surface area contributed by atoms with Crippen LogP contribution in [0.4, 0.5) is 16.0 Å². The number of aryl methyl sites for hydroxylation is 1. The maximum absolute atomic E-state index is 13.4. The maximum Gasteiger partial charge on any atom is 0.316 e. The molecule has 0 unspecified atom stereocenters. The Bertz CT molecular complexity index is 1070. The number of hydrogen-bond acceptors (Lipinski definition) is 5. The smallest absolute Gasteiger partial charge is 0.316 e. The molecule has 1 heterocycles. The van der Waals surface area contributed by atoms with Gasteiger partial charge in [0.15, 0.2) is 5.82 Å². The molecule has 8 heteroatoms. The highest BCUT2D eigenvalue weighted by molar-refractivity contribution is 6.30. The van der Waals surface area contributed by atoms with Crippen LogP contribution in [0.15, 0.2) is 35.3 Å². The minimum Gasteiger partial charge on any atom is -0.497 e. The van der Waals surface area contributed by atoms with E-state index in [2.05, 4.69) is 22.4 Å². The molecule has 0 aliphatic heterocycles. The van der Waals surface area contributed by atoms with E-state index < -0.39 is 11.4 Å². The van der Waals surface area contributed by atoms with Crippen molar-refractivity contribution >= 4 is 23.2 Å². The lowest BCUT2D eigenvalue weighted by atomic mass is 10.2. The van der Waals surface area contributed by atoms with Crippen LogP contribution in [0.2, 0.25) is 5.02 Å². The average Bonchev–Trinajstić information content (AvgIpc) is 2.68. The lowest BCUT2D eigenvalue weighted by Crippen LogP contribution is -2.19. The third-order valence-corrected chi connectivity index (χ3v) is 4.33. The van der Waals surface area contributed by atoms with Crippen LogP contribution < -0.4 is 20.3 Å². The highest BCUT2D eigenvalue weighted by Crippen LogP contribution is 2.25. The molecule has 0 amide bonds. The van der Waals surface area contributed by atoms with Crippen molar-refractivity contribution in [2.45, 2.75) is 13.5 Å². The van der Waals surface area contributed by atoms with E-state index in [-0.39, 0.29) is 23.3 Å². The van der Waals surface area contributed by atoms with Gasteiger partial charge in [0.2, 0.25) is 11.7 Å². The largest absolute Gasteiger partial charge is 0.497 e. The van der Waals surface area contributed by atoms with Crippen LogP contribution in [0.1, 0.15) is 11.1 Å². The molecule has 0 aliphatic rings. The van der Waals surface area contributed by atoms with Crippen molar-refractivity contribution in [1.82, 2.24) is 9.55 Å². The molecule has 2 aromatic carbocycles. The summed E-state index contributed by atoms with van der Waals surface area (Å²) >= 11 is 5.83. The normalized spacial score (nSPS) is 10.3. The summed E-state index contributed by atoms with van der Waals surface area (Å²) in [5.41, 5.74) is 1.69. The molecule has 28 heavy (non-hydrogen) atoms. The molecular formula is C20H17ClFN3O3. The van der Waals surface area contributed by atoms with Gasteiger partial charge in [-0.15, -0.1) is 0 Å². The van der Waals surface area contributed by atoms with Crippen molar-refractivity contribution < 1.29 is 13.9 Å². The summed E-state index contributed by atoms with van der Waals surface area (Å²) in [5, 5.41) is 3.08. The number of ether oxygens (including phenoxy) is 2. The molecule has 144 valence electrons. The van der Waals surface area contributed by atoms with Crippen LogP contribution in [0, 0.1) is 24.9 Å².